The Balaban J connectivity index is 0. The number of hydrogen-bond donors (Lipinski definition) is 1. The summed E-state index contributed by atoms with van der Waals surface area (Å²) in [6, 6.07) is 6.48. The Hall–Kier alpha value is 0.220. The zero-order valence-electron chi connectivity index (χ0n) is 7.45. The van der Waals surface area contributed by atoms with Crippen LogP contribution in [0.4, 0.5) is 0 Å². The van der Waals surface area contributed by atoms with Crippen LogP contribution >= 0.6 is 23.0 Å². The Morgan fingerprint density at radius 1 is 1.50 bits per heavy atom. The minimum absolute atomic E-state index is 0. The molecule has 0 aromatic heterocycles. The van der Waals surface area contributed by atoms with Gasteiger partial charge in [0.1, 0.15) is 11.3 Å². The summed E-state index contributed by atoms with van der Waals surface area (Å²) in [5.74, 6) is -0.599. The molecule has 0 aliphatic heterocycles. The molecule has 0 radical (unpaired) electrons. The van der Waals surface area contributed by atoms with Gasteiger partial charge in [0.05, 0.1) is 0 Å². The van der Waals surface area contributed by atoms with Gasteiger partial charge in [-0.3, -0.25) is 0 Å². The Labute approximate surface area is 108 Å². The average Bonchev–Trinajstić information content (AvgIpc) is 2.04. The van der Waals surface area contributed by atoms with Gasteiger partial charge in [0.25, 0.3) is 0 Å². The molecule has 1 aromatic rings. The maximum Gasteiger partial charge on any atom is 1.00 e. The van der Waals surface area contributed by atoms with Crippen molar-refractivity contribution in [2.24, 2.45) is 0 Å². The van der Waals surface area contributed by atoms with E-state index in [0.29, 0.717) is 5.75 Å². The van der Waals surface area contributed by atoms with E-state index in [4.69, 9.17) is 8.17 Å². The summed E-state index contributed by atoms with van der Waals surface area (Å²) >= 11 is 1.65. The van der Waals surface area contributed by atoms with E-state index in [1.807, 2.05) is 0 Å². The maximum atomic E-state index is 10.5. The van der Waals surface area contributed by atoms with Crippen molar-refractivity contribution in [3.63, 3.8) is 0 Å². The number of rotatable bonds is 2. The van der Waals surface area contributed by atoms with Gasteiger partial charge in [-0.2, -0.15) is 0 Å². The van der Waals surface area contributed by atoms with E-state index in [9.17, 15) is 4.79 Å². The van der Waals surface area contributed by atoms with Crippen molar-refractivity contribution in [3.8, 4) is 5.75 Å². The number of para-hydroxylation sites is 1. The average molecular weight is 288 g/mol. The first kappa shape index (κ1) is 12.2. The van der Waals surface area contributed by atoms with Crippen LogP contribution in [-0.4, -0.2) is 11.1 Å². The normalized spacial score (nSPS) is 8.42. The molecule has 1 rings (SSSR count). The summed E-state index contributed by atoms with van der Waals surface area (Å²) in [6.07, 6.45) is 0. The summed E-state index contributed by atoms with van der Waals surface area (Å²) in [4.78, 5) is 10.5. The topological polar surface area (TPSA) is 46.5 Å². The molecule has 1 aromatic carbocycles. The molecule has 0 fully saturated rings. The van der Waals surface area contributed by atoms with Gasteiger partial charge in [-0.25, -0.2) is 4.79 Å². The second-order valence-electron chi connectivity index (χ2n) is 1.88. The fraction of sp³-hybridized carbons (Fsp3) is 0. The van der Waals surface area contributed by atoms with Crippen LogP contribution in [0.15, 0.2) is 24.3 Å². The third-order valence-electron chi connectivity index (χ3n) is 1.20. The van der Waals surface area contributed by atoms with E-state index in [1.54, 1.807) is 41.2 Å². The number of carboxylic acid groups (broad SMARTS) is 1. The van der Waals surface area contributed by atoms with Gasteiger partial charge < -0.3 is 9.60 Å². The van der Waals surface area contributed by atoms with Gasteiger partial charge >= 0.3 is 35.5 Å². The monoisotopic (exact) mass is 288 g/mol. The van der Waals surface area contributed by atoms with Crippen LogP contribution < -0.4 is 32.6 Å². The third kappa shape index (κ3) is 2.93. The van der Waals surface area contributed by atoms with Crippen LogP contribution in [0.1, 0.15) is 11.8 Å². The molecule has 0 unspecified atom stereocenters. The van der Waals surface area contributed by atoms with Crippen molar-refractivity contribution in [2.75, 3.05) is 0 Å². The number of hydrogen-bond acceptors (Lipinski definition) is 2. The van der Waals surface area contributed by atoms with Crippen molar-refractivity contribution in [3.05, 3.63) is 29.8 Å². The second kappa shape index (κ2) is 5.80. The summed E-state index contributed by atoms with van der Waals surface area (Å²) < 4.78 is 4.80. The van der Waals surface area contributed by atoms with Gasteiger partial charge in [-0.05, 0) is 12.1 Å². The summed E-state index contributed by atoms with van der Waals surface area (Å²) in [5.41, 5.74) is 0.182. The molecule has 0 atom stereocenters. The van der Waals surface area contributed by atoms with Crippen LogP contribution in [0.5, 0.6) is 5.75 Å². The molecule has 0 amide bonds. The van der Waals surface area contributed by atoms with E-state index >= 15 is 0 Å². The molecule has 0 saturated carbocycles. The molecule has 0 heterocycles. The van der Waals surface area contributed by atoms with E-state index in [2.05, 4.69) is 0 Å². The van der Waals surface area contributed by atoms with Crippen LogP contribution in [0, 0.1) is 0 Å². The summed E-state index contributed by atoms with van der Waals surface area (Å²) in [6.45, 7) is 0. The minimum Gasteiger partial charge on any atom is -1.00 e. The summed E-state index contributed by atoms with van der Waals surface area (Å²) in [7, 11) is 0. The third-order valence-corrected chi connectivity index (χ3v) is 1.68. The predicted octanol–water partition coefficient (Wildman–Crippen LogP) is -0.770. The van der Waals surface area contributed by atoms with Crippen LogP contribution in [0.3, 0.4) is 0 Å². The SMILES string of the molecule is O=C(O)c1ccccc1OI.[H-].[Na+]. The number of halogens is 1. The first-order valence-electron chi connectivity index (χ1n) is 2.86. The zero-order chi connectivity index (χ0) is 8.27. The minimum atomic E-state index is -0.975. The molecule has 0 bridgehead atoms. The van der Waals surface area contributed by atoms with Gasteiger partial charge in [-0.1, -0.05) is 12.1 Å². The number of carbonyl (C=O) groups is 1. The van der Waals surface area contributed by atoms with Gasteiger partial charge in [0.15, 0.2) is 23.0 Å². The molecule has 60 valence electrons. The Bertz CT molecular complexity index is 282. The van der Waals surface area contributed by atoms with Crippen molar-refractivity contribution in [1.82, 2.24) is 0 Å². The number of carboxylic acids is 1. The van der Waals surface area contributed by atoms with Crippen LogP contribution in [-0.2, 0) is 0 Å². The number of aromatic carboxylic acids is 1. The molecule has 0 saturated heterocycles. The molecule has 1 N–H and O–H groups in total. The van der Waals surface area contributed by atoms with Crippen molar-refractivity contribution in [1.29, 1.82) is 0 Å². The first-order chi connectivity index (χ1) is 5.25. The largest absolute Gasteiger partial charge is 1.00 e. The van der Waals surface area contributed by atoms with Gasteiger partial charge in [0.2, 0.25) is 0 Å². The first-order valence-corrected chi connectivity index (χ1v) is 3.74. The maximum absolute atomic E-state index is 10.5. The van der Waals surface area contributed by atoms with Gasteiger partial charge in [0, 0.05) is 0 Å². The zero-order valence-corrected chi connectivity index (χ0v) is 10.6. The van der Waals surface area contributed by atoms with Crippen molar-refractivity contribution < 1.29 is 44.0 Å². The Morgan fingerprint density at radius 3 is 2.50 bits per heavy atom. The summed E-state index contributed by atoms with van der Waals surface area (Å²) in [5, 5.41) is 8.61. The van der Waals surface area contributed by atoms with E-state index < -0.39 is 5.97 Å². The van der Waals surface area contributed by atoms with Crippen molar-refractivity contribution in [2.45, 2.75) is 0 Å². The smallest absolute Gasteiger partial charge is 1.00 e. The predicted molar refractivity (Wildman–Crippen MR) is 49.2 cm³/mol. The molecule has 0 spiro atoms. The Kier molecular flexibility index (Phi) is 5.90. The van der Waals surface area contributed by atoms with Crippen molar-refractivity contribution >= 4 is 29.0 Å². The fourth-order valence-corrected chi connectivity index (χ4v) is 1.09. The molecular formula is C7H6INaO3. The Morgan fingerprint density at radius 2 is 2.08 bits per heavy atom. The van der Waals surface area contributed by atoms with E-state index in [0.717, 1.165) is 0 Å². The van der Waals surface area contributed by atoms with E-state index in [-0.39, 0.29) is 36.5 Å². The molecular weight excluding hydrogens is 282 g/mol. The van der Waals surface area contributed by atoms with Crippen LogP contribution in [0.25, 0.3) is 0 Å². The molecule has 0 aliphatic rings. The molecule has 12 heavy (non-hydrogen) atoms. The second-order valence-corrected chi connectivity index (χ2v) is 2.32. The molecule has 0 aliphatic carbocycles. The quantitative estimate of drug-likeness (QED) is 0.574. The molecule has 5 heteroatoms. The number of benzene rings is 1. The fourth-order valence-electron chi connectivity index (χ4n) is 0.711. The van der Waals surface area contributed by atoms with Gasteiger partial charge in [-0.15, -0.1) is 0 Å². The standard InChI is InChI=1S/C7H5IO3.Na.H/c8-11-6-4-2-1-3-5(6)7(9)10;;/h1-4H,(H,9,10);;/q;+1;-1. The molecule has 3 nitrogen and oxygen atoms in total. The van der Waals surface area contributed by atoms with E-state index in [1.165, 1.54) is 6.07 Å². The van der Waals surface area contributed by atoms with Crippen LogP contribution in [0.2, 0.25) is 0 Å².